The summed E-state index contributed by atoms with van der Waals surface area (Å²) in [6.45, 7) is 4.05. The van der Waals surface area contributed by atoms with Gasteiger partial charge in [0.1, 0.15) is 18.1 Å². The predicted molar refractivity (Wildman–Crippen MR) is 189 cm³/mol. The number of pyridine rings is 1. The number of aliphatic hydroxyl groups excluding tert-OH is 1. The molecule has 2 aromatic heterocycles. The van der Waals surface area contributed by atoms with Crippen molar-refractivity contribution in [2.45, 2.75) is 52.1 Å². The van der Waals surface area contributed by atoms with Gasteiger partial charge in [0.2, 0.25) is 11.8 Å². The summed E-state index contributed by atoms with van der Waals surface area (Å²) in [7, 11) is -1.06. The van der Waals surface area contributed by atoms with Gasteiger partial charge in [0.05, 0.1) is 29.3 Å². The lowest BCUT2D eigenvalue weighted by atomic mass is 9.57. The lowest BCUT2D eigenvalue weighted by molar-refractivity contribution is -0.122. The van der Waals surface area contributed by atoms with Crippen molar-refractivity contribution in [3.8, 4) is 0 Å². The molecular weight excluding hydrogens is 617 g/mol. The molecule has 4 aromatic rings. The van der Waals surface area contributed by atoms with Crippen molar-refractivity contribution in [3.05, 3.63) is 119 Å². The Bertz CT molecular complexity index is 1870. The molecule has 3 N–H and O–H groups in total. The fourth-order valence-electron chi connectivity index (χ4n) is 7.73. The minimum Gasteiger partial charge on any atom is -0.459 e. The average Bonchev–Trinajstić information content (AvgIpc) is 3.68. The zero-order valence-corrected chi connectivity index (χ0v) is 27.7. The number of amides is 2. The molecule has 49 heavy (non-hydrogen) atoms. The fraction of sp³-hybridized carbons (Fsp3) is 0.308. The van der Waals surface area contributed by atoms with Gasteiger partial charge in [-0.15, -0.1) is 0 Å². The summed E-state index contributed by atoms with van der Waals surface area (Å²) >= 11 is 0. The molecule has 0 saturated carbocycles. The van der Waals surface area contributed by atoms with Crippen LogP contribution in [0.1, 0.15) is 50.3 Å². The number of hydrogen-bond donors (Lipinski definition) is 3. The predicted octanol–water partition coefficient (Wildman–Crippen LogP) is 6.89. The number of para-hydroxylation sites is 1. The van der Waals surface area contributed by atoms with Crippen molar-refractivity contribution in [1.82, 2.24) is 4.98 Å². The Labute approximate surface area is 286 Å². The summed E-state index contributed by atoms with van der Waals surface area (Å²) in [5, 5.41) is 23.9. The van der Waals surface area contributed by atoms with E-state index in [1.54, 1.807) is 12.3 Å². The van der Waals surface area contributed by atoms with E-state index < -0.39 is 25.1 Å². The number of benzene rings is 2. The van der Waals surface area contributed by atoms with Crippen LogP contribution in [-0.2, 0) is 20.9 Å². The molecule has 7 rings (SSSR count). The van der Waals surface area contributed by atoms with E-state index in [0.717, 1.165) is 33.8 Å². The standard InChI is InChI=1S/C39H40BN3O6/c1-24(2)31-21-32-37(39(46)43(38(32)45)28-14-12-27(13-15-28)42-26-8-4-3-5-9-26)33-22-40(47)49-35(36(31)33)18-11-25(34-10-6-7-19-41-34)20-29-16-17-30(23-44)48-29/h3-10,12-17,19-20,24,32-33,35,37,42,44,47H,11,18,21-23H2,1-2H3/b25-20-/t32-,33+,35-,37-/m1/s1. The first-order valence-electron chi connectivity index (χ1n) is 17.0. The summed E-state index contributed by atoms with van der Waals surface area (Å²) in [6, 6.07) is 26.5. The molecule has 3 aliphatic rings. The first-order chi connectivity index (χ1) is 23.8. The summed E-state index contributed by atoms with van der Waals surface area (Å²) in [6.07, 6.45) is 5.06. The largest absolute Gasteiger partial charge is 0.459 e. The second kappa shape index (κ2) is 14.0. The van der Waals surface area contributed by atoms with Crippen molar-refractivity contribution in [1.29, 1.82) is 0 Å². The monoisotopic (exact) mass is 657 g/mol. The van der Waals surface area contributed by atoms with Gasteiger partial charge in [0.25, 0.3) is 0 Å². The third-order valence-electron chi connectivity index (χ3n) is 9.95. The zero-order chi connectivity index (χ0) is 34.1. The number of carbonyl (C=O) groups is 2. The fourth-order valence-corrected chi connectivity index (χ4v) is 7.73. The van der Waals surface area contributed by atoms with E-state index >= 15 is 0 Å². The number of allylic oxidation sites excluding steroid dienone is 2. The highest BCUT2D eigenvalue weighted by Crippen LogP contribution is 2.52. The molecule has 9 nitrogen and oxygen atoms in total. The molecule has 2 saturated heterocycles. The smallest absolute Gasteiger partial charge is 0.455 e. The highest BCUT2D eigenvalue weighted by atomic mass is 16.5. The topological polar surface area (TPSA) is 125 Å². The Balaban J connectivity index is 1.16. The van der Waals surface area contributed by atoms with Crippen LogP contribution >= 0.6 is 0 Å². The number of imide groups is 1. The summed E-state index contributed by atoms with van der Waals surface area (Å²) in [5.41, 5.74) is 6.24. The first-order valence-corrected chi connectivity index (χ1v) is 17.0. The maximum absolute atomic E-state index is 14.3. The number of aromatic nitrogens is 1. The van der Waals surface area contributed by atoms with E-state index in [4.69, 9.17) is 9.07 Å². The Morgan fingerprint density at radius 2 is 1.73 bits per heavy atom. The van der Waals surface area contributed by atoms with E-state index in [-0.39, 0.29) is 36.6 Å². The van der Waals surface area contributed by atoms with Gasteiger partial charge in [-0.25, -0.2) is 0 Å². The Hall–Kier alpha value is -4.77. The van der Waals surface area contributed by atoms with Gasteiger partial charge in [0.15, 0.2) is 0 Å². The molecular formula is C39H40BN3O6. The van der Waals surface area contributed by atoms with Crippen LogP contribution < -0.4 is 10.2 Å². The first kappa shape index (κ1) is 32.8. The normalized spacial score (nSPS) is 22.5. The van der Waals surface area contributed by atoms with E-state index in [0.29, 0.717) is 36.5 Å². The summed E-state index contributed by atoms with van der Waals surface area (Å²) in [4.78, 5) is 34.2. The van der Waals surface area contributed by atoms with Crippen LogP contribution in [0, 0.1) is 23.7 Å². The van der Waals surface area contributed by atoms with Crippen molar-refractivity contribution in [2.75, 3.05) is 10.2 Å². The number of carbonyl (C=O) groups excluding carboxylic acids is 2. The molecule has 0 spiro atoms. The third-order valence-corrected chi connectivity index (χ3v) is 9.95. The molecule has 0 radical (unpaired) electrons. The van der Waals surface area contributed by atoms with Crippen LogP contribution in [0.3, 0.4) is 0 Å². The van der Waals surface area contributed by atoms with Crippen molar-refractivity contribution in [2.24, 2.45) is 23.7 Å². The van der Waals surface area contributed by atoms with Gasteiger partial charge in [0, 0.05) is 17.6 Å². The molecule has 4 atom stereocenters. The van der Waals surface area contributed by atoms with Gasteiger partial charge in [-0.2, -0.15) is 0 Å². The van der Waals surface area contributed by atoms with Gasteiger partial charge < -0.3 is 24.5 Å². The SMILES string of the molecule is CC(C)C1=C2[C@@H](CC/C(=C/c3ccc(CO)o3)c3ccccn3)OB(O)C[C@@H]2[C@@H]2C(=O)N(c3ccc(Nc4ccccc4)cc3)C(=O)[C@@H]2C1. The minimum absolute atomic E-state index is 0.130. The van der Waals surface area contributed by atoms with Crippen LogP contribution in [0.4, 0.5) is 17.1 Å². The number of anilines is 3. The molecule has 250 valence electrons. The molecule has 10 heteroatoms. The van der Waals surface area contributed by atoms with E-state index in [1.165, 1.54) is 4.90 Å². The van der Waals surface area contributed by atoms with E-state index in [1.807, 2.05) is 84.9 Å². The summed E-state index contributed by atoms with van der Waals surface area (Å²) < 4.78 is 12.0. The highest BCUT2D eigenvalue weighted by molar-refractivity contribution is 6.43. The van der Waals surface area contributed by atoms with Crippen LogP contribution in [0.2, 0.25) is 6.32 Å². The molecule has 0 unspecified atom stereocenters. The van der Waals surface area contributed by atoms with Gasteiger partial charge >= 0.3 is 7.12 Å². The zero-order valence-electron chi connectivity index (χ0n) is 27.7. The maximum Gasteiger partial charge on any atom is 0.455 e. The second-order valence-electron chi connectivity index (χ2n) is 13.3. The van der Waals surface area contributed by atoms with Crippen LogP contribution in [0.5, 0.6) is 0 Å². The quantitative estimate of drug-likeness (QED) is 0.0957. The molecule has 2 aromatic carbocycles. The Kier molecular flexibility index (Phi) is 9.36. The van der Waals surface area contributed by atoms with Gasteiger partial charge in [-0.1, -0.05) is 43.7 Å². The molecule has 2 fully saturated rings. The summed E-state index contributed by atoms with van der Waals surface area (Å²) in [5.74, 6) is -0.571. The van der Waals surface area contributed by atoms with Crippen LogP contribution in [-0.4, -0.2) is 40.2 Å². The van der Waals surface area contributed by atoms with E-state index in [2.05, 4.69) is 24.1 Å². The number of aliphatic hydroxyl groups is 1. The minimum atomic E-state index is -1.06. The molecule has 4 heterocycles. The van der Waals surface area contributed by atoms with E-state index in [9.17, 15) is 19.7 Å². The number of nitrogens with one attached hydrogen (secondary N) is 1. The third kappa shape index (κ3) is 6.64. The number of nitrogens with zero attached hydrogens (tertiary/aromatic N) is 2. The molecule has 2 amide bonds. The van der Waals surface area contributed by atoms with Gasteiger partial charge in [-0.3, -0.25) is 19.5 Å². The van der Waals surface area contributed by atoms with Crippen molar-refractivity contribution in [3.63, 3.8) is 0 Å². The Morgan fingerprint density at radius 1 is 0.980 bits per heavy atom. The molecule has 1 aliphatic carbocycles. The lowest BCUT2D eigenvalue weighted by Gasteiger charge is -2.44. The average molecular weight is 658 g/mol. The van der Waals surface area contributed by atoms with Crippen molar-refractivity contribution >= 4 is 47.6 Å². The number of furan rings is 1. The lowest BCUT2D eigenvalue weighted by Crippen LogP contribution is -2.46. The van der Waals surface area contributed by atoms with Gasteiger partial charge in [-0.05, 0) is 115 Å². The molecule has 2 aliphatic heterocycles. The number of fused-ring (bicyclic) bond motifs is 3. The number of hydrogen-bond acceptors (Lipinski definition) is 8. The van der Waals surface area contributed by atoms with Crippen LogP contribution in [0.25, 0.3) is 11.6 Å². The Morgan fingerprint density at radius 3 is 2.43 bits per heavy atom. The highest BCUT2D eigenvalue weighted by Gasteiger charge is 2.57. The van der Waals surface area contributed by atoms with Crippen LogP contribution in [0.15, 0.2) is 107 Å². The van der Waals surface area contributed by atoms with Crippen molar-refractivity contribution < 1.29 is 28.8 Å². The number of rotatable bonds is 10. The molecule has 0 bridgehead atoms. The maximum atomic E-state index is 14.3. The second-order valence-corrected chi connectivity index (χ2v) is 13.3.